The van der Waals surface area contributed by atoms with Crippen molar-refractivity contribution in [2.24, 2.45) is 0 Å². The molecule has 1 amide bonds. The molecule has 0 bridgehead atoms. The third-order valence-corrected chi connectivity index (χ3v) is 2.96. The molecule has 0 aromatic heterocycles. The summed E-state index contributed by atoms with van der Waals surface area (Å²) >= 11 is 0. The average Bonchev–Trinajstić information content (AvgIpc) is 2.85. The maximum absolute atomic E-state index is 13.7. The number of anilines is 1. The van der Waals surface area contributed by atoms with Crippen LogP contribution in [0.2, 0.25) is 0 Å². The van der Waals surface area contributed by atoms with Crippen molar-refractivity contribution in [2.75, 3.05) is 11.9 Å². The van der Waals surface area contributed by atoms with Gasteiger partial charge < -0.3 is 15.2 Å². The van der Waals surface area contributed by atoms with Gasteiger partial charge in [0.15, 0.2) is 11.6 Å². The Labute approximate surface area is 105 Å². The molecule has 0 aliphatic heterocycles. The van der Waals surface area contributed by atoms with Gasteiger partial charge in [-0.1, -0.05) is 0 Å². The van der Waals surface area contributed by atoms with E-state index in [1.807, 2.05) is 0 Å². The smallest absolute Gasteiger partial charge is 0.250 e. The number of amides is 1. The van der Waals surface area contributed by atoms with E-state index in [1.165, 1.54) is 12.1 Å². The SMILES string of the molecule is O=C(CO)Nc1ccc(OC2CCCC2)c(F)c1. The first kappa shape index (κ1) is 12.8. The van der Waals surface area contributed by atoms with Gasteiger partial charge in [-0.15, -0.1) is 0 Å². The molecule has 2 rings (SSSR count). The Balaban J connectivity index is 2.02. The van der Waals surface area contributed by atoms with Gasteiger partial charge in [0.25, 0.3) is 0 Å². The molecule has 1 aliphatic carbocycles. The molecule has 5 heteroatoms. The van der Waals surface area contributed by atoms with E-state index >= 15 is 0 Å². The van der Waals surface area contributed by atoms with Gasteiger partial charge in [0.1, 0.15) is 6.61 Å². The highest BCUT2D eigenvalue weighted by molar-refractivity contribution is 5.91. The van der Waals surface area contributed by atoms with Crippen molar-refractivity contribution in [1.82, 2.24) is 0 Å². The molecule has 0 unspecified atom stereocenters. The second-order valence-corrected chi connectivity index (χ2v) is 4.38. The van der Waals surface area contributed by atoms with E-state index in [-0.39, 0.29) is 11.9 Å². The van der Waals surface area contributed by atoms with Crippen LogP contribution in [-0.4, -0.2) is 23.7 Å². The molecule has 0 saturated heterocycles. The average molecular weight is 253 g/mol. The van der Waals surface area contributed by atoms with Crippen LogP contribution in [0.25, 0.3) is 0 Å². The first-order chi connectivity index (χ1) is 8.69. The molecule has 2 N–H and O–H groups in total. The summed E-state index contributed by atoms with van der Waals surface area (Å²) < 4.78 is 19.3. The quantitative estimate of drug-likeness (QED) is 0.863. The predicted molar refractivity (Wildman–Crippen MR) is 65.0 cm³/mol. The molecule has 18 heavy (non-hydrogen) atoms. The Hall–Kier alpha value is -1.62. The lowest BCUT2D eigenvalue weighted by atomic mass is 10.2. The molecule has 1 aromatic carbocycles. The minimum absolute atomic E-state index is 0.0948. The van der Waals surface area contributed by atoms with E-state index in [1.54, 1.807) is 6.07 Å². The summed E-state index contributed by atoms with van der Waals surface area (Å²) in [6, 6.07) is 4.25. The topological polar surface area (TPSA) is 58.6 Å². The van der Waals surface area contributed by atoms with E-state index in [2.05, 4.69) is 5.32 Å². The van der Waals surface area contributed by atoms with Gasteiger partial charge in [-0.25, -0.2) is 4.39 Å². The first-order valence-corrected chi connectivity index (χ1v) is 6.06. The molecule has 1 aromatic rings. The number of hydrogen-bond donors (Lipinski definition) is 2. The maximum Gasteiger partial charge on any atom is 0.250 e. The lowest BCUT2D eigenvalue weighted by molar-refractivity contribution is -0.118. The number of carbonyl (C=O) groups is 1. The molecule has 0 spiro atoms. The number of rotatable bonds is 4. The Morgan fingerprint density at radius 3 is 2.78 bits per heavy atom. The van der Waals surface area contributed by atoms with Gasteiger partial charge in [0, 0.05) is 11.8 Å². The summed E-state index contributed by atoms with van der Waals surface area (Å²) in [5, 5.41) is 10.9. The normalized spacial score (nSPS) is 15.7. The van der Waals surface area contributed by atoms with Crippen molar-refractivity contribution in [3.63, 3.8) is 0 Å². The summed E-state index contributed by atoms with van der Waals surface area (Å²) in [5.41, 5.74) is 0.310. The van der Waals surface area contributed by atoms with Crippen LogP contribution in [0.15, 0.2) is 18.2 Å². The molecular weight excluding hydrogens is 237 g/mol. The second-order valence-electron chi connectivity index (χ2n) is 4.38. The van der Waals surface area contributed by atoms with Gasteiger partial charge in [0.2, 0.25) is 5.91 Å². The highest BCUT2D eigenvalue weighted by Gasteiger charge is 2.18. The summed E-state index contributed by atoms with van der Waals surface area (Å²) in [5.74, 6) is -0.861. The molecule has 1 saturated carbocycles. The molecule has 0 radical (unpaired) electrons. The predicted octanol–water partition coefficient (Wildman–Crippen LogP) is 2.08. The van der Waals surface area contributed by atoms with E-state index < -0.39 is 18.3 Å². The van der Waals surface area contributed by atoms with Crippen molar-refractivity contribution in [1.29, 1.82) is 0 Å². The number of halogens is 1. The third kappa shape index (κ3) is 3.20. The van der Waals surface area contributed by atoms with E-state index in [4.69, 9.17) is 9.84 Å². The monoisotopic (exact) mass is 253 g/mol. The van der Waals surface area contributed by atoms with Gasteiger partial charge in [-0.3, -0.25) is 4.79 Å². The Morgan fingerprint density at radius 2 is 2.17 bits per heavy atom. The standard InChI is InChI=1S/C13H16FNO3/c14-11-7-9(15-13(17)8-16)5-6-12(11)18-10-3-1-2-4-10/h5-7,10,16H,1-4,8H2,(H,15,17). The highest BCUT2D eigenvalue weighted by atomic mass is 19.1. The largest absolute Gasteiger partial charge is 0.487 e. The zero-order valence-electron chi connectivity index (χ0n) is 9.99. The van der Waals surface area contributed by atoms with Crippen molar-refractivity contribution < 1.29 is 19.0 Å². The highest BCUT2D eigenvalue weighted by Crippen LogP contribution is 2.27. The van der Waals surface area contributed by atoms with Crippen LogP contribution in [0.4, 0.5) is 10.1 Å². The summed E-state index contributed by atoms with van der Waals surface area (Å²) in [7, 11) is 0. The molecule has 0 atom stereocenters. The minimum atomic E-state index is -0.623. The van der Waals surface area contributed by atoms with Crippen LogP contribution in [0.5, 0.6) is 5.75 Å². The van der Waals surface area contributed by atoms with E-state index in [0.717, 1.165) is 25.7 Å². The van der Waals surface area contributed by atoms with Crippen LogP contribution >= 0.6 is 0 Å². The second kappa shape index (κ2) is 5.82. The number of aliphatic hydroxyl groups excluding tert-OH is 1. The Bertz CT molecular complexity index is 430. The van der Waals surface area contributed by atoms with E-state index in [9.17, 15) is 9.18 Å². The van der Waals surface area contributed by atoms with E-state index in [0.29, 0.717) is 5.69 Å². The number of ether oxygens (including phenoxy) is 1. The van der Waals surface area contributed by atoms with Crippen LogP contribution in [0.1, 0.15) is 25.7 Å². The maximum atomic E-state index is 13.7. The Kier molecular flexibility index (Phi) is 4.15. The van der Waals surface area contributed by atoms with Crippen LogP contribution in [-0.2, 0) is 4.79 Å². The molecule has 1 fully saturated rings. The van der Waals surface area contributed by atoms with Crippen molar-refractivity contribution in [3.8, 4) is 5.75 Å². The first-order valence-electron chi connectivity index (χ1n) is 6.06. The van der Waals surface area contributed by atoms with Gasteiger partial charge in [-0.05, 0) is 37.8 Å². The molecule has 4 nitrogen and oxygen atoms in total. The fourth-order valence-corrected chi connectivity index (χ4v) is 2.06. The zero-order valence-corrected chi connectivity index (χ0v) is 9.99. The van der Waals surface area contributed by atoms with Gasteiger partial charge >= 0.3 is 0 Å². The Morgan fingerprint density at radius 1 is 1.44 bits per heavy atom. The van der Waals surface area contributed by atoms with Gasteiger partial charge in [0.05, 0.1) is 6.10 Å². The lowest BCUT2D eigenvalue weighted by Gasteiger charge is -2.14. The number of nitrogens with one attached hydrogen (secondary N) is 1. The molecule has 98 valence electrons. The summed E-state index contributed by atoms with van der Waals surface area (Å²) in [6.07, 6.45) is 4.26. The number of benzene rings is 1. The van der Waals surface area contributed by atoms with Gasteiger partial charge in [-0.2, -0.15) is 0 Å². The van der Waals surface area contributed by atoms with Crippen LogP contribution < -0.4 is 10.1 Å². The zero-order chi connectivity index (χ0) is 13.0. The number of carbonyl (C=O) groups excluding carboxylic acids is 1. The van der Waals surface area contributed by atoms with Crippen molar-refractivity contribution in [2.45, 2.75) is 31.8 Å². The number of hydrogen-bond acceptors (Lipinski definition) is 3. The van der Waals surface area contributed by atoms with Crippen molar-refractivity contribution in [3.05, 3.63) is 24.0 Å². The summed E-state index contributed by atoms with van der Waals surface area (Å²) in [4.78, 5) is 10.9. The fraction of sp³-hybridized carbons (Fsp3) is 0.462. The lowest BCUT2D eigenvalue weighted by Crippen LogP contribution is -2.16. The molecule has 1 aliphatic rings. The summed E-state index contributed by atoms with van der Waals surface area (Å²) in [6.45, 7) is -0.623. The van der Waals surface area contributed by atoms with Crippen LogP contribution in [0.3, 0.4) is 0 Å². The third-order valence-electron chi connectivity index (χ3n) is 2.96. The fourth-order valence-electron chi connectivity index (χ4n) is 2.06. The minimum Gasteiger partial charge on any atom is -0.487 e. The molecular formula is C13H16FNO3. The van der Waals surface area contributed by atoms with Crippen molar-refractivity contribution >= 4 is 11.6 Å². The van der Waals surface area contributed by atoms with Crippen LogP contribution in [0, 0.1) is 5.82 Å². The molecule has 0 heterocycles. The number of aliphatic hydroxyl groups is 1.